The van der Waals surface area contributed by atoms with Crippen LogP contribution in [0, 0.1) is 0 Å². The third-order valence-corrected chi connectivity index (χ3v) is 3.36. The maximum absolute atomic E-state index is 5.39. The number of hydrogen-bond donors (Lipinski definition) is 1. The summed E-state index contributed by atoms with van der Waals surface area (Å²) in [6.07, 6.45) is 3.57. The Kier molecular flexibility index (Phi) is 3.56. The summed E-state index contributed by atoms with van der Waals surface area (Å²) in [5.41, 5.74) is 0. The van der Waals surface area contributed by atoms with Crippen LogP contribution in [0.15, 0.2) is 22.8 Å². The van der Waals surface area contributed by atoms with Crippen LogP contribution in [0.25, 0.3) is 0 Å². The second kappa shape index (κ2) is 5.12. The lowest BCUT2D eigenvalue weighted by atomic mass is 10.2. The van der Waals surface area contributed by atoms with Gasteiger partial charge in [-0.05, 0) is 25.0 Å². The van der Waals surface area contributed by atoms with Gasteiger partial charge in [-0.3, -0.25) is 0 Å². The lowest BCUT2D eigenvalue weighted by Crippen LogP contribution is -2.08. The summed E-state index contributed by atoms with van der Waals surface area (Å²) < 4.78 is 5.39. The molecule has 1 unspecified atom stereocenters. The number of aryl methyl sites for hydroxylation is 1. The number of nitrogens with one attached hydrogen (secondary N) is 1. The molecule has 2 rings (SSSR count). The minimum Gasteiger partial charge on any atom is -0.467 e. The van der Waals surface area contributed by atoms with Crippen LogP contribution in [0.4, 0.5) is 5.13 Å². The van der Waals surface area contributed by atoms with Gasteiger partial charge in [0, 0.05) is 0 Å². The number of hydrogen-bond acceptors (Lipinski definition) is 5. The summed E-state index contributed by atoms with van der Waals surface area (Å²) in [6, 6.07) is 4.05. The molecule has 0 aliphatic carbocycles. The highest BCUT2D eigenvalue weighted by Crippen LogP contribution is 2.25. The van der Waals surface area contributed by atoms with Crippen molar-refractivity contribution in [1.29, 1.82) is 0 Å². The molecule has 0 bridgehead atoms. The lowest BCUT2D eigenvalue weighted by Gasteiger charge is -2.12. The first-order valence-electron chi connectivity index (χ1n) is 5.45. The van der Waals surface area contributed by atoms with E-state index in [1.807, 2.05) is 12.1 Å². The second-order valence-electron chi connectivity index (χ2n) is 3.48. The Labute approximate surface area is 98.7 Å². The Morgan fingerprint density at radius 2 is 2.31 bits per heavy atom. The van der Waals surface area contributed by atoms with Crippen LogP contribution in [0.1, 0.15) is 37.1 Å². The van der Waals surface area contributed by atoms with Crippen LogP contribution in [0.3, 0.4) is 0 Å². The molecular formula is C11H15N3OS. The Bertz CT molecular complexity index is 424. The molecule has 1 N–H and O–H groups in total. The van der Waals surface area contributed by atoms with Crippen molar-refractivity contribution in [2.24, 2.45) is 0 Å². The highest BCUT2D eigenvalue weighted by molar-refractivity contribution is 7.15. The molecule has 16 heavy (non-hydrogen) atoms. The maximum Gasteiger partial charge on any atom is 0.206 e. The molecule has 0 aliphatic rings. The average Bonchev–Trinajstić information content (AvgIpc) is 2.96. The van der Waals surface area contributed by atoms with Crippen LogP contribution in [0.2, 0.25) is 0 Å². The molecule has 2 heterocycles. The molecule has 0 aliphatic heterocycles. The van der Waals surface area contributed by atoms with Gasteiger partial charge in [0.15, 0.2) is 0 Å². The van der Waals surface area contributed by atoms with E-state index in [0.717, 1.165) is 28.7 Å². The summed E-state index contributed by atoms with van der Waals surface area (Å²) in [5.74, 6) is 0.941. The first-order chi connectivity index (χ1) is 7.83. The molecule has 0 fully saturated rings. The molecule has 0 amide bonds. The van der Waals surface area contributed by atoms with Crippen molar-refractivity contribution in [2.45, 2.75) is 32.7 Å². The fourth-order valence-corrected chi connectivity index (χ4v) is 2.20. The zero-order chi connectivity index (χ0) is 11.4. The second-order valence-corrected chi connectivity index (χ2v) is 4.54. The van der Waals surface area contributed by atoms with Gasteiger partial charge in [0.2, 0.25) is 5.13 Å². The molecule has 0 spiro atoms. The average molecular weight is 237 g/mol. The van der Waals surface area contributed by atoms with Gasteiger partial charge in [-0.15, -0.1) is 10.2 Å². The maximum atomic E-state index is 5.39. The summed E-state index contributed by atoms with van der Waals surface area (Å²) in [7, 11) is 0. The predicted octanol–water partition coefficient (Wildman–Crippen LogP) is 3.26. The van der Waals surface area contributed by atoms with E-state index in [2.05, 4.69) is 29.4 Å². The van der Waals surface area contributed by atoms with E-state index in [1.165, 1.54) is 0 Å². The quantitative estimate of drug-likeness (QED) is 0.867. The van der Waals surface area contributed by atoms with Crippen molar-refractivity contribution in [3.63, 3.8) is 0 Å². The molecule has 1 atom stereocenters. The van der Waals surface area contributed by atoms with Crippen LogP contribution in [-0.2, 0) is 6.42 Å². The summed E-state index contributed by atoms with van der Waals surface area (Å²) >= 11 is 1.60. The molecule has 0 saturated heterocycles. The molecular weight excluding hydrogens is 222 g/mol. The van der Waals surface area contributed by atoms with E-state index in [9.17, 15) is 0 Å². The van der Waals surface area contributed by atoms with Crippen molar-refractivity contribution in [3.8, 4) is 0 Å². The standard InChI is InChI=1S/C11H15N3OS/c1-3-8(9-6-5-7-15-9)12-11-14-13-10(4-2)16-11/h5-8H,3-4H2,1-2H3,(H,12,14). The zero-order valence-electron chi connectivity index (χ0n) is 9.43. The molecule has 4 nitrogen and oxygen atoms in total. The molecule has 5 heteroatoms. The first-order valence-corrected chi connectivity index (χ1v) is 6.27. The first kappa shape index (κ1) is 11.1. The number of furan rings is 1. The predicted molar refractivity (Wildman–Crippen MR) is 64.6 cm³/mol. The van der Waals surface area contributed by atoms with E-state index in [1.54, 1.807) is 17.6 Å². The summed E-state index contributed by atoms with van der Waals surface area (Å²) in [6.45, 7) is 4.19. The van der Waals surface area contributed by atoms with E-state index in [0.29, 0.717) is 0 Å². The monoisotopic (exact) mass is 237 g/mol. The molecule has 86 valence electrons. The number of rotatable bonds is 5. The van der Waals surface area contributed by atoms with Crippen molar-refractivity contribution >= 4 is 16.5 Å². The van der Waals surface area contributed by atoms with Gasteiger partial charge in [0.1, 0.15) is 10.8 Å². The molecule has 0 radical (unpaired) electrons. The molecule has 2 aromatic heterocycles. The SMILES string of the molecule is CCc1nnc(NC(CC)c2ccco2)s1. The van der Waals surface area contributed by atoms with Crippen LogP contribution in [0.5, 0.6) is 0 Å². The smallest absolute Gasteiger partial charge is 0.206 e. The van der Waals surface area contributed by atoms with Crippen LogP contribution >= 0.6 is 11.3 Å². The third kappa shape index (κ3) is 2.41. The van der Waals surface area contributed by atoms with Gasteiger partial charge in [0.05, 0.1) is 12.3 Å². The van der Waals surface area contributed by atoms with Gasteiger partial charge < -0.3 is 9.73 Å². The van der Waals surface area contributed by atoms with E-state index in [4.69, 9.17) is 4.42 Å². The van der Waals surface area contributed by atoms with Gasteiger partial charge in [-0.25, -0.2) is 0 Å². The van der Waals surface area contributed by atoms with E-state index < -0.39 is 0 Å². The minimum atomic E-state index is 0.174. The van der Waals surface area contributed by atoms with Crippen LogP contribution in [-0.4, -0.2) is 10.2 Å². The van der Waals surface area contributed by atoms with E-state index >= 15 is 0 Å². The Morgan fingerprint density at radius 1 is 1.44 bits per heavy atom. The zero-order valence-corrected chi connectivity index (χ0v) is 10.3. The summed E-state index contributed by atoms with van der Waals surface area (Å²) in [4.78, 5) is 0. The van der Waals surface area contributed by atoms with Crippen molar-refractivity contribution < 1.29 is 4.42 Å². The highest BCUT2D eigenvalue weighted by atomic mass is 32.1. The fraction of sp³-hybridized carbons (Fsp3) is 0.455. The number of aromatic nitrogens is 2. The van der Waals surface area contributed by atoms with Crippen molar-refractivity contribution in [1.82, 2.24) is 10.2 Å². The highest BCUT2D eigenvalue weighted by Gasteiger charge is 2.13. The van der Waals surface area contributed by atoms with Crippen LogP contribution < -0.4 is 5.32 Å². The van der Waals surface area contributed by atoms with Gasteiger partial charge in [0.25, 0.3) is 0 Å². The molecule has 0 saturated carbocycles. The molecule has 2 aromatic rings. The number of anilines is 1. The van der Waals surface area contributed by atoms with Crippen molar-refractivity contribution in [2.75, 3.05) is 5.32 Å². The van der Waals surface area contributed by atoms with Gasteiger partial charge in [-0.1, -0.05) is 25.2 Å². The van der Waals surface area contributed by atoms with E-state index in [-0.39, 0.29) is 6.04 Å². The topological polar surface area (TPSA) is 51.0 Å². The largest absolute Gasteiger partial charge is 0.467 e. The summed E-state index contributed by atoms with van der Waals surface area (Å²) in [5, 5.41) is 13.4. The normalized spacial score (nSPS) is 12.6. The van der Waals surface area contributed by atoms with Gasteiger partial charge >= 0.3 is 0 Å². The molecule has 0 aromatic carbocycles. The Hall–Kier alpha value is -1.36. The third-order valence-electron chi connectivity index (χ3n) is 2.36. The van der Waals surface area contributed by atoms with Crippen molar-refractivity contribution in [3.05, 3.63) is 29.2 Å². The Morgan fingerprint density at radius 3 is 2.88 bits per heavy atom. The minimum absolute atomic E-state index is 0.174. The number of nitrogens with zero attached hydrogens (tertiary/aromatic N) is 2. The van der Waals surface area contributed by atoms with Gasteiger partial charge in [-0.2, -0.15) is 0 Å². The lowest BCUT2D eigenvalue weighted by molar-refractivity contribution is 0.473. The fourth-order valence-electron chi connectivity index (χ4n) is 1.47. The Balaban J connectivity index is 2.07.